The standard InChI is InChI=1S/C14H11ClN2O3/c15-12-5-10(9-3-1-2-4-11(9)16-12)13(18)17-6-8(7-17)14(19)20/h1-5,8H,6-7H2,(H,19,20). The largest absolute Gasteiger partial charge is 0.481 e. The number of hydrogen-bond donors (Lipinski definition) is 1. The maximum atomic E-state index is 12.4. The van der Waals surface area contributed by atoms with Crippen molar-refractivity contribution in [2.45, 2.75) is 0 Å². The summed E-state index contributed by atoms with van der Waals surface area (Å²) in [6.07, 6.45) is 0. The Balaban J connectivity index is 1.94. The molecule has 2 aromatic rings. The highest BCUT2D eigenvalue weighted by molar-refractivity contribution is 6.30. The SMILES string of the molecule is O=C(O)C1CN(C(=O)c2cc(Cl)nc3ccccc23)C1. The van der Waals surface area contributed by atoms with Crippen LogP contribution in [0.25, 0.3) is 10.9 Å². The lowest BCUT2D eigenvalue weighted by Gasteiger charge is -2.36. The van der Waals surface area contributed by atoms with Crippen LogP contribution in [0.15, 0.2) is 30.3 Å². The number of aromatic nitrogens is 1. The van der Waals surface area contributed by atoms with Gasteiger partial charge in [-0.05, 0) is 12.1 Å². The van der Waals surface area contributed by atoms with Gasteiger partial charge in [0.05, 0.1) is 17.0 Å². The zero-order chi connectivity index (χ0) is 14.3. The van der Waals surface area contributed by atoms with Crippen molar-refractivity contribution in [3.05, 3.63) is 41.0 Å². The first-order chi connectivity index (χ1) is 9.56. The Kier molecular flexibility index (Phi) is 3.06. The Morgan fingerprint density at radius 3 is 2.70 bits per heavy atom. The van der Waals surface area contributed by atoms with E-state index in [4.69, 9.17) is 16.7 Å². The second kappa shape index (κ2) is 4.76. The first-order valence-electron chi connectivity index (χ1n) is 6.13. The molecule has 0 saturated carbocycles. The normalized spacial score (nSPS) is 15.2. The topological polar surface area (TPSA) is 70.5 Å². The summed E-state index contributed by atoms with van der Waals surface area (Å²) < 4.78 is 0. The summed E-state index contributed by atoms with van der Waals surface area (Å²) in [6.45, 7) is 0.477. The molecule has 1 aromatic heterocycles. The quantitative estimate of drug-likeness (QED) is 0.859. The van der Waals surface area contributed by atoms with Crippen LogP contribution in [0.4, 0.5) is 0 Å². The molecule has 1 aromatic carbocycles. The molecule has 0 unspecified atom stereocenters. The number of rotatable bonds is 2. The van der Waals surface area contributed by atoms with Crippen molar-refractivity contribution >= 4 is 34.4 Å². The van der Waals surface area contributed by atoms with E-state index in [0.29, 0.717) is 11.1 Å². The maximum absolute atomic E-state index is 12.4. The van der Waals surface area contributed by atoms with Crippen molar-refractivity contribution in [3.63, 3.8) is 0 Å². The number of amides is 1. The van der Waals surface area contributed by atoms with Crippen LogP contribution in [-0.2, 0) is 4.79 Å². The van der Waals surface area contributed by atoms with E-state index in [9.17, 15) is 9.59 Å². The van der Waals surface area contributed by atoms with Crippen LogP contribution in [0.2, 0.25) is 5.15 Å². The molecule has 5 nitrogen and oxygen atoms in total. The fourth-order valence-corrected chi connectivity index (χ4v) is 2.49. The second-order valence-corrected chi connectivity index (χ2v) is 5.14. The van der Waals surface area contributed by atoms with Gasteiger partial charge in [0.25, 0.3) is 5.91 Å². The fraction of sp³-hybridized carbons (Fsp3) is 0.214. The number of carbonyl (C=O) groups excluding carboxylic acids is 1. The molecule has 0 spiro atoms. The molecule has 1 saturated heterocycles. The maximum Gasteiger partial charge on any atom is 0.310 e. The van der Waals surface area contributed by atoms with Crippen molar-refractivity contribution in [1.82, 2.24) is 9.88 Å². The third kappa shape index (κ3) is 2.10. The van der Waals surface area contributed by atoms with E-state index in [-0.39, 0.29) is 24.1 Å². The minimum Gasteiger partial charge on any atom is -0.481 e. The number of nitrogens with zero attached hydrogens (tertiary/aromatic N) is 2. The smallest absolute Gasteiger partial charge is 0.310 e. The van der Waals surface area contributed by atoms with Crippen LogP contribution in [0.1, 0.15) is 10.4 Å². The van der Waals surface area contributed by atoms with Gasteiger partial charge in [0.15, 0.2) is 0 Å². The van der Waals surface area contributed by atoms with Gasteiger partial charge in [0, 0.05) is 18.5 Å². The van der Waals surface area contributed by atoms with Gasteiger partial charge >= 0.3 is 5.97 Å². The molecule has 1 N–H and O–H groups in total. The number of carboxylic acid groups (broad SMARTS) is 1. The fourth-order valence-electron chi connectivity index (χ4n) is 2.29. The van der Waals surface area contributed by atoms with E-state index in [1.165, 1.54) is 11.0 Å². The molecule has 1 aliphatic rings. The third-order valence-corrected chi connectivity index (χ3v) is 3.63. The van der Waals surface area contributed by atoms with Crippen molar-refractivity contribution in [2.75, 3.05) is 13.1 Å². The van der Waals surface area contributed by atoms with E-state index >= 15 is 0 Å². The third-order valence-electron chi connectivity index (χ3n) is 3.43. The van der Waals surface area contributed by atoms with Crippen molar-refractivity contribution in [1.29, 1.82) is 0 Å². The average molecular weight is 291 g/mol. The predicted octanol–water partition coefficient (Wildman–Crippen LogP) is 2.04. The van der Waals surface area contributed by atoms with Crippen molar-refractivity contribution in [3.8, 4) is 0 Å². The number of benzene rings is 1. The lowest BCUT2D eigenvalue weighted by atomic mass is 9.98. The molecule has 1 aliphatic heterocycles. The zero-order valence-corrected chi connectivity index (χ0v) is 11.2. The van der Waals surface area contributed by atoms with Gasteiger partial charge in [0.2, 0.25) is 0 Å². The number of halogens is 1. The molecule has 0 bridgehead atoms. The lowest BCUT2D eigenvalue weighted by molar-refractivity contribution is -0.146. The Bertz CT molecular complexity index is 711. The van der Waals surface area contributed by atoms with Gasteiger partial charge in [-0.1, -0.05) is 29.8 Å². The van der Waals surface area contributed by atoms with Crippen LogP contribution >= 0.6 is 11.6 Å². The molecule has 1 amide bonds. The summed E-state index contributed by atoms with van der Waals surface area (Å²) >= 11 is 5.94. The van der Waals surface area contributed by atoms with Gasteiger partial charge < -0.3 is 10.0 Å². The van der Waals surface area contributed by atoms with Gasteiger partial charge in [-0.25, -0.2) is 4.98 Å². The number of para-hydroxylation sites is 1. The van der Waals surface area contributed by atoms with Gasteiger partial charge in [-0.15, -0.1) is 0 Å². The molecular weight excluding hydrogens is 280 g/mol. The molecule has 20 heavy (non-hydrogen) atoms. The zero-order valence-electron chi connectivity index (χ0n) is 10.4. The molecule has 2 heterocycles. The van der Waals surface area contributed by atoms with Crippen LogP contribution in [0.3, 0.4) is 0 Å². The van der Waals surface area contributed by atoms with Gasteiger partial charge in [-0.2, -0.15) is 0 Å². The minimum absolute atomic E-state index is 0.206. The molecule has 3 rings (SSSR count). The molecule has 0 aliphatic carbocycles. The van der Waals surface area contributed by atoms with E-state index in [0.717, 1.165) is 5.39 Å². The first kappa shape index (κ1) is 12.9. The highest BCUT2D eigenvalue weighted by Crippen LogP contribution is 2.25. The summed E-state index contributed by atoms with van der Waals surface area (Å²) in [5.74, 6) is -1.54. The highest BCUT2D eigenvalue weighted by Gasteiger charge is 2.36. The summed E-state index contributed by atoms with van der Waals surface area (Å²) in [5, 5.41) is 9.83. The monoisotopic (exact) mass is 290 g/mol. The number of carboxylic acids is 1. The first-order valence-corrected chi connectivity index (χ1v) is 6.51. The van der Waals surface area contributed by atoms with Crippen LogP contribution in [0, 0.1) is 5.92 Å². The van der Waals surface area contributed by atoms with E-state index in [2.05, 4.69) is 4.98 Å². The Morgan fingerprint density at radius 1 is 1.30 bits per heavy atom. The van der Waals surface area contributed by atoms with Crippen LogP contribution in [-0.4, -0.2) is 40.0 Å². The Morgan fingerprint density at radius 2 is 2.00 bits per heavy atom. The summed E-state index contributed by atoms with van der Waals surface area (Å²) in [6, 6.07) is 8.77. The van der Waals surface area contributed by atoms with Crippen molar-refractivity contribution in [2.24, 2.45) is 5.92 Å². The Hall–Kier alpha value is -2.14. The summed E-state index contributed by atoms with van der Waals surface area (Å²) in [5.41, 5.74) is 1.11. The summed E-state index contributed by atoms with van der Waals surface area (Å²) in [4.78, 5) is 28.9. The number of carbonyl (C=O) groups is 2. The molecular formula is C14H11ClN2O3. The number of likely N-dealkylation sites (tertiary alicyclic amines) is 1. The number of hydrogen-bond acceptors (Lipinski definition) is 3. The number of fused-ring (bicyclic) bond motifs is 1. The lowest BCUT2D eigenvalue weighted by Crippen LogP contribution is -2.53. The molecule has 0 radical (unpaired) electrons. The number of pyridine rings is 1. The molecule has 6 heteroatoms. The highest BCUT2D eigenvalue weighted by atomic mass is 35.5. The molecule has 0 atom stereocenters. The van der Waals surface area contributed by atoms with E-state index < -0.39 is 11.9 Å². The Labute approximate surface area is 119 Å². The van der Waals surface area contributed by atoms with Crippen molar-refractivity contribution < 1.29 is 14.7 Å². The van der Waals surface area contributed by atoms with Crippen LogP contribution < -0.4 is 0 Å². The average Bonchev–Trinajstić information content (AvgIpc) is 2.35. The molecule has 102 valence electrons. The van der Waals surface area contributed by atoms with E-state index in [1.807, 2.05) is 12.1 Å². The summed E-state index contributed by atoms with van der Waals surface area (Å²) in [7, 11) is 0. The van der Waals surface area contributed by atoms with Gasteiger partial charge in [-0.3, -0.25) is 9.59 Å². The second-order valence-electron chi connectivity index (χ2n) is 4.75. The van der Waals surface area contributed by atoms with Gasteiger partial charge in [0.1, 0.15) is 5.15 Å². The number of aliphatic carboxylic acids is 1. The van der Waals surface area contributed by atoms with Crippen LogP contribution in [0.5, 0.6) is 0 Å². The minimum atomic E-state index is -0.869. The van der Waals surface area contributed by atoms with E-state index in [1.54, 1.807) is 12.1 Å². The molecule has 1 fully saturated rings. The predicted molar refractivity (Wildman–Crippen MR) is 73.8 cm³/mol.